The SMILES string of the molecule is CCn1c(O)c(N=Nc2c(C)n(C)n(-c3ccccc3)c2=O)c(=O)n(CC)c1=S.Cc1c(N=NC2=C(O)CC(C)(C)OC2=O)c(=O)n(-c2ccccc2)n1C.Cc1c(NN=C2C(=O)OC3(CCCCC3)OC2=O)c(=O)n(-c2ccccc2)n1C.[C-]#[N+]/C(C#N)=C1/OC2(OC(=O)C1=NNc1c(C)n(C)n(-c3ccccc3)c1=O)C1CC3CC(C1)CC2C3. The van der Waals surface area contributed by atoms with E-state index in [0.29, 0.717) is 83.3 Å². The number of esters is 4. The van der Waals surface area contributed by atoms with E-state index in [0.717, 1.165) is 44.9 Å². The predicted octanol–water partition coefficient (Wildman–Crippen LogP) is 12.0. The summed E-state index contributed by atoms with van der Waals surface area (Å²) in [7, 11) is 6.95. The highest BCUT2D eigenvalue weighted by Gasteiger charge is 2.64. The van der Waals surface area contributed by atoms with Crippen LogP contribution in [0, 0.1) is 74.0 Å². The molecule has 5 aromatic heterocycles. The lowest BCUT2D eigenvalue weighted by atomic mass is 9.53. The molecule has 0 unspecified atom stereocenters. The molecule has 8 heterocycles. The molecule has 628 valence electrons. The zero-order chi connectivity index (χ0) is 86.8. The monoisotopic (exact) mass is 1670 g/mol. The minimum Gasteiger partial charge on any atom is -0.510 e. The summed E-state index contributed by atoms with van der Waals surface area (Å²) in [5, 5.41) is 54.0. The Bertz CT molecular complexity index is 6230. The van der Waals surface area contributed by atoms with Crippen molar-refractivity contribution in [3.05, 3.63) is 235 Å². The number of hydrogen-bond acceptors (Lipinski definition) is 26. The summed E-state index contributed by atoms with van der Waals surface area (Å²) < 4.78 is 43.8. The lowest BCUT2D eigenvalue weighted by molar-refractivity contribution is -0.309. The molecule has 37 heteroatoms. The highest BCUT2D eigenvalue weighted by molar-refractivity contribution is 7.71. The maximum absolute atomic E-state index is 13.4. The van der Waals surface area contributed by atoms with Crippen molar-refractivity contribution in [1.29, 1.82) is 5.26 Å². The van der Waals surface area contributed by atoms with Gasteiger partial charge in [-0.25, -0.2) is 48.0 Å². The summed E-state index contributed by atoms with van der Waals surface area (Å²) in [6, 6.07) is 38.3. The van der Waals surface area contributed by atoms with Crippen molar-refractivity contribution < 1.29 is 53.1 Å². The van der Waals surface area contributed by atoms with Gasteiger partial charge in [0.25, 0.3) is 45.1 Å². The molecule has 4 N–H and O–H groups in total. The number of azo groups is 2. The molecule has 7 fully saturated rings. The number of benzene rings is 4. The number of allylic oxidation sites excluding steroid dienone is 1. The second-order valence-corrected chi connectivity index (χ2v) is 31.1. The number of hydrogen-bond donors (Lipinski definition) is 4. The van der Waals surface area contributed by atoms with E-state index in [9.17, 15) is 58.6 Å². The molecule has 2 spiro atoms. The Balaban J connectivity index is 0.000000141. The van der Waals surface area contributed by atoms with Crippen LogP contribution in [0.3, 0.4) is 0 Å². The van der Waals surface area contributed by atoms with Crippen molar-refractivity contribution in [2.24, 2.45) is 82.5 Å². The molecule has 8 aliphatic rings. The van der Waals surface area contributed by atoms with Crippen LogP contribution in [0.4, 0.5) is 28.4 Å². The van der Waals surface area contributed by atoms with E-state index in [-0.39, 0.29) is 108 Å². The Morgan fingerprint density at radius 3 is 1.32 bits per heavy atom. The topological polar surface area (TPSA) is 416 Å². The zero-order valence-corrected chi connectivity index (χ0v) is 69.4. The van der Waals surface area contributed by atoms with Crippen LogP contribution < -0.4 is 38.6 Å². The fraction of sp³-hybridized carbons (Fsp3) is 0.381. The average Bonchev–Trinajstić information content (AvgIpc) is 1.48. The van der Waals surface area contributed by atoms with Crippen LogP contribution in [0.15, 0.2) is 199 Å². The Labute approximate surface area is 696 Å². The van der Waals surface area contributed by atoms with Gasteiger partial charge in [-0.15, -0.1) is 20.5 Å². The third-order valence-electron chi connectivity index (χ3n) is 22.8. The molecule has 0 atom stereocenters. The van der Waals surface area contributed by atoms with Gasteiger partial charge in [0, 0.05) is 72.4 Å². The largest absolute Gasteiger partial charge is 0.510 e. The van der Waals surface area contributed by atoms with Crippen molar-refractivity contribution >= 4 is 76.0 Å². The Morgan fingerprint density at radius 2 is 0.909 bits per heavy atom. The highest BCUT2D eigenvalue weighted by Crippen LogP contribution is 2.61. The number of aromatic hydroxyl groups is 1. The number of aliphatic hydroxyl groups excluding tert-OH is 1. The number of aliphatic hydroxyl groups is 1. The molecule has 36 nitrogen and oxygen atoms in total. The quantitative estimate of drug-likeness (QED) is 0.0149. The van der Waals surface area contributed by atoms with Crippen molar-refractivity contribution in [3.63, 3.8) is 0 Å². The number of rotatable bonds is 14. The lowest BCUT2D eigenvalue weighted by Gasteiger charge is -2.60. The Morgan fingerprint density at radius 1 is 0.512 bits per heavy atom. The maximum atomic E-state index is 13.4. The van der Waals surface area contributed by atoms with Crippen molar-refractivity contribution in [1.82, 2.24) is 46.6 Å². The van der Waals surface area contributed by atoms with Crippen molar-refractivity contribution in [2.75, 3.05) is 10.9 Å². The van der Waals surface area contributed by atoms with Gasteiger partial charge in [-0.2, -0.15) is 10.2 Å². The number of nitriles is 1. The number of aromatic nitrogens is 10. The number of carbonyl (C=O) groups excluding carboxylic acids is 4. The number of carbonyl (C=O) groups is 4. The van der Waals surface area contributed by atoms with Gasteiger partial charge in [0.05, 0.1) is 58.2 Å². The lowest BCUT2D eigenvalue weighted by Crippen LogP contribution is -2.63. The van der Waals surface area contributed by atoms with Gasteiger partial charge >= 0.3 is 29.6 Å². The van der Waals surface area contributed by atoms with E-state index in [1.807, 2.05) is 91.0 Å². The number of para-hydroxylation sites is 4. The number of hydrazone groups is 2. The molecule has 5 saturated carbocycles. The van der Waals surface area contributed by atoms with Gasteiger partial charge in [-0.3, -0.25) is 62.7 Å². The zero-order valence-electron chi connectivity index (χ0n) is 68.6. The van der Waals surface area contributed by atoms with Gasteiger partial charge in [-0.05, 0) is 173 Å². The van der Waals surface area contributed by atoms with Crippen molar-refractivity contribution in [3.8, 4) is 34.7 Å². The minimum atomic E-state index is -1.17. The first-order chi connectivity index (χ1) is 57.8. The van der Waals surface area contributed by atoms with Crippen LogP contribution in [0.2, 0.25) is 0 Å². The van der Waals surface area contributed by atoms with Crippen molar-refractivity contribution in [2.45, 2.75) is 156 Å². The fourth-order valence-electron chi connectivity index (χ4n) is 16.5. The maximum Gasteiger partial charge on any atom is 0.369 e. The Kier molecular flexibility index (Phi) is 24.1. The number of ether oxygens (including phenoxy) is 5. The summed E-state index contributed by atoms with van der Waals surface area (Å²) in [6.45, 7) is 22.1. The first-order valence-electron chi connectivity index (χ1n) is 39.3. The van der Waals surface area contributed by atoms with E-state index in [1.54, 1.807) is 139 Å². The highest BCUT2D eigenvalue weighted by atomic mass is 32.1. The molecule has 0 radical (unpaired) electrons. The molecular formula is C84H90N20O16S. The molecule has 9 aromatic rings. The first-order valence-corrected chi connectivity index (χ1v) is 39.7. The molecule has 121 heavy (non-hydrogen) atoms. The summed E-state index contributed by atoms with van der Waals surface area (Å²) >= 11 is 5.26. The van der Waals surface area contributed by atoms with E-state index < -0.39 is 52.3 Å². The number of cyclic esters (lactones) is 1. The second kappa shape index (κ2) is 34.5. The number of nitrogens with one attached hydrogen (secondary N) is 2. The van der Waals surface area contributed by atoms with Gasteiger partial charge in [0.15, 0.2) is 21.9 Å². The van der Waals surface area contributed by atoms with Crippen LogP contribution >= 0.6 is 12.2 Å². The number of anilines is 2. The second-order valence-electron chi connectivity index (χ2n) is 30.8. The first kappa shape index (κ1) is 84.8. The fourth-order valence-corrected chi connectivity index (χ4v) is 16.9. The summed E-state index contributed by atoms with van der Waals surface area (Å²) in [5.74, 6) is -5.04. The van der Waals surface area contributed by atoms with Gasteiger partial charge in [-0.1, -0.05) is 79.2 Å². The molecule has 5 aliphatic carbocycles. The van der Waals surface area contributed by atoms with E-state index in [1.165, 1.54) is 34.3 Å². The van der Waals surface area contributed by atoms with E-state index in [2.05, 4.69) is 46.4 Å². The van der Waals surface area contributed by atoms with Gasteiger partial charge < -0.3 is 33.9 Å². The van der Waals surface area contributed by atoms with Crippen LogP contribution in [0.5, 0.6) is 5.88 Å². The Hall–Kier alpha value is -14.1. The predicted molar refractivity (Wildman–Crippen MR) is 445 cm³/mol. The summed E-state index contributed by atoms with van der Waals surface area (Å²) in [4.78, 5) is 118. The smallest absolute Gasteiger partial charge is 0.369 e. The number of nitrogens with zero attached hydrogens (tertiary/aromatic N) is 18. The third-order valence-corrected chi connectivity index (χ3v) is 23.3. The third kappa shape index (κ3) is 16.2. The standard InChI is InChI=1S/C27H26N6O4.C20H22N4O5.C19H22N6O3S.C18H20N4O4/c1-15-22(25(34)33(32(15)3)20-7-5-4-6-8-20)30-31-23-24(21(14-28)29-2)36-27(37-26(23)35)18-10-16-9-17(12-18)13-19(27)11-16;1-13-15(17(25)24(23(13)2)14-9-5-3-6-10-14)21-22-16-18(26)28-20(29-19(16)27)11-7-4-8-12-20;1-5-23-16(26)15(17(27)24(6-2)19(23)29)21-20-14-12(3)22(4)25(18(14)28)13-10-8-7-9-11-13;1-11-14(16(24)22(21(11)4)12-8-6-5-7-9-12)19-20-15-13(23)10-18(2,3)26-17(15)25/h4-8,16-19,30H,9-13H2,1,3H3;3,5-6,9-10,21H,4,7-8,11-12H2,1-2H3;7-11,26H,5-6H2,1-4H3;5-9,23H,10H2,1-4H3/b24-21+,31-23?;;;. The molecular weight excluding hydrogens is 1580 g/mol. The molecule has 17 rings (SSSR count). The van der Waals surface area contributed by atoms with Crippen LogP contribution in [0.25, 0.3) is 27.6 Å². The van der Waals surface area contributed by atoms with E-state index in [4.69, 9.17) is 42.5 Å². The van der Waals surface area contributed by atoms with Crippen LogP contribution in [-0.2, 0) is 84.1 Å². The molecule has 2 saturated heterocycles. The molecule has 0 amide bonds. The minimum absolute atomic E-state index is 0.0253. The summed E-state index contributed by atoms with van der Waals surface area (Å²) in [5.41, 5.74) is 6.24. The molecule has 4 aromatic carbocycles. The summed E-state index contributed by atoms with van der Waals surface area (Å²) in [6.07, 6.45) is 8.60. The van der Waals surface area contributed by atoms with Crippen LogP contribution in [0.1, 0.15) is 121 Å². The van der Waals surface area contributed by atoms with Crippen LogP contribution in [-0.4, -0.2) is 109 Å². The normalized spacial score (nSPS) is 20.6. The van der Waals surface area contributed by atoms with E-state index >= 15 is 0 Å². The molecule has 4 bridgehead atoms. The van der Waals surface area contributed by atoms with Gasteiger partial charge in [0.2, 0.25) is 23.0 Å². The molecule has 3 aliphatic heterocycles. The van der Waals surface area contributed by atoms with Gasteiger partial charge in [0.1, 0.15) is 22.7 Å². The average molecular weight is 1670 g/mol.